The zero-order valence-corrected chi connectivity index (χ0v) is 13.2. The van der Waals surface area contributed by atoms with E-state index in [0.29, 0.717) is 17.0 Å². The second-order valence-electron chi connectivity index (χ2n) is 4.93. The SMILES string of the molecule is O=c1cc(-c2ccccc2)sc(O)c1Cc1ccc(Cl)cc1. The molecule has 0 bridgehead atoms. The van der Waals surface area contributed by atoms with Gasteiger partial charge in [0.25, 0.3) is 0 Å². The molecule has 110 valence electrons. The minimum absolute atomic E-state index is 0.0707. The number of halogens is 1. The molecule has 0 amide bonds. The molecule has 3 aromatic rings. The third kappa shape index (κ3) is 3.21. The molecule has 0 atom stereocenters. The lowest BCUT2D eigenvalue weighted by atomic mass is 10.1. The van der Waals surface area contributed by atoms with Crippen molar-refractivity contribution >= 4 is 22.9 Å². The van der Waals surface area contributed by atoms with Crippen LogP contribution in [-0.4, -0.2) is 5.11 Å². The molecular formula is C18H13ClO2S. The van der Waals surface area contributed by atoms with Gasteiger partial charge < -0.3 is 5.11 Å². The van der Waals surface area contributed by atoms with E-state index >= 15 is 0 Å². The second-order valence-corrected chi connectivity index (χ2v) is 6.39. The molecule has 0 unspecified atom stereocenters. The average Bonchev–Trinajstić information content (AvgIpc) is 2.53. The van der Waals surface area contributed by atoms with Gasteiger partial charge in [0.05, 0.1) is 5.56 Å². The average molecular weight is 329 g/mol. The number of aromatic hydroxyl groups is 1. The lowest BCUT2D eigenvalue weighted by Crippen LogP contribution is -2.07. The smallest absolute Gasteiger partial charge is 0.188 e. The van der Waals surface area contributed by atoms with Crippen molar-refractivity contribution in [3.05, 3.63) is 87.0 Å². The molecule has 0 saturated heterocycles. The summed E-state index contributed by atoms with van der Waals surface area (Å²) in [4.78, 5) is 13.1. The van der Waals surface area contributed by atoms with Crippen molar-refractivity contribution < 1.29 is 5.11 Å². The normalized spacial score (nSPS) is 10.6. The van der Waals surface area contributed by atoms with E-state index in [4.69, 9.17) is 11.6 Å². The molecular weight excluding hydrogens is 316 g/mol. The van der Waals surface area contributed by atoms with Gasteiger partial charge in [-0.05, 0) is 23.3 Å². The van der Waals surface area contributed by atoms with Gasteiger partial charge in [0.15, 0.2) is 10.5 Å². The van der Waals surface area contributed by atoms with Crippen LogP contribution in [0.4, 0.5) is 0 Å². The summed E-state index contributed by atoms with van der Waals surface area (Å²) in [5.74, 6) is 0. The molecule has 2 nitrogen and oxygen atoms in total. The van der Waals surface area contributed by atoms with Gasteiger partial charge in [-0.1, -0.05) is 65.4 Å². The van der Waals surface area contributed by atoms with Gasteiger partial charge in [0.1, 0.15) is 0 Å². The van der Waals surface area contributed by atoms with E-state index in [-0.39, 0.29) is 10.5 Å². The van der Waals surface area contributed by atoms with Crippen LogP contribution in [-0.2, 0) is 6.42 Å². The zero-order valence-electron chi connectivity index (χ0n) is 11.6. The van der Waals surface area contributed by atoms with E-state index in [0.717, 1.165) is 16.0 Å². The summed E-state index contributed by atoms with van der Waals surface area (Å²) in [5.41, 5.74) is 2.14. The molecule has 1 N–H and O–H groups in total. The van der Waals surface area contributed by atoms with Gasteiger partial charge in [-0.2, -0.15) is 0 Å². The number of benzene rings is 2. The van der Waals surface area contributed by atoms with Crippen LogP contribution in [0, 0.1) is 0 Å². The Kier molecular flexibility index (Phi) is 4.27. The van der Waals surface area contributed by atoms with Crippen LogP contribution in [0.1, 0.15) is 11.1 Å². The highest BCUT2D eigenvalue weighted by Crippen LogP contribution is 2.31. The Bertz CT molecular complexity index is 839. The molecule has 22 heavy (non-hydrogen) atoms. The highest BCUT2D eigenvalue weighted by Gasteiger charge is 2.11. The molecule has 0 radical (unpaired) electrons. The Labute approximate surface area is 137 Å². The van der Waals surface area contributed by atoms with Gasteiger partial charge in [-0.15, -0.1) is 0 Å². The van der Waals surface area contributed by atoms with Gasteiger partial charge in [0, 0.05) is 22.4 Å². The molecule has 1 heterocycles. The minimum atomic E-state index is -0.148. The van der Waals surface area contributed by atoms with Gasteiger partial charge >= 0.3 is 0 Å². The van der Waals surface area contributed by atoms with E-state index in [1.807, 2.05) is 42.5 Å². The van der Waals surface area contributed by atoms with E-state index in [1.54, 1.807) is 18.2 Å². The summed E-state index contributed by atoms with van der Waals surface area (Å²) in [5, 5.41) is 11.0. The molecule has 2 aromatic carbocycles. The van der Waals surface area contributed by atoms with Crippen LogP contribution >= 0.6 is 22.9 Å². The Morgan fingerprint density at radius 3 is 2.32 bits per heavy atom. The van der Waals surface area contributed by atoms with Gasteiger partial charge in [-0.25, -0.2) is 0 Å². The van der Waals surface area contributed by atoms with Gasteiger partial charge in [-0.3, -0.25) is 4.79 Å². The molecule has 0 aliphatic carbocycles. The molecule has 1 aromatic heterocycles. The van der Waals surface area contributed by atoms with Crippen molar-refractivity contribution in [3.8, 4) is 15.5 Å². The van der Waals surface area contributed by atoms with E-state index in [1.165, 1.54) is 11.3 Å². The molecule has 0 spiro atoms. The molecule has 0 saturated carbocycles. The maximum Gasteiger partial charge on any atom is 0.188 e. The first-order valence-corrected chi connectivity index (χ1v) is 7.99. The first-order chi connectivity index (χ1) is 10.6. The lowest BCUT2D eigenvalue weighted by Gasteiger charge is -2.06. The van der Waals surface area contributed by atoms with E-state index < -0.39 is 0 Å². The van der Waals surface area contributed by atoms with Crippen LogP contribution < -0.4 is 5.43 Å². The first-order valence-electron chi connectivity index (χ1n) is 6.79. The monoisotopic (exact) mass is 328 g/mol. The first kappa shape index (κ1) is 14.8. The topological polar surface area (TPSA) is 37.3 Å². The highest BCUT2D eigenvalue weighted by molar-refractivity contribution is 7.16. The summed E-state index contributed by atoms with van der Waals surface area (Å²) in [6.07, 6.45) is 0.396. The molecule has 0 aliphatic heterocycles. The Morgan fingerprint density at radius 1 is 1.00 bits per heavy atom. The summed E-state index contributed by atoms with van der Waals surface area (Å²) >= 11 is 7.08. The molecule has 3 rings (SSSR count). The molecule has 4 heteroatoms. The lowest BCUT2D eigenvalue weighted by molar-refractivity contribution is 0.484. The third-order valence-electron chi connectivity index (χ3n) is 3.38. The van der Waals surface area contributed by atoms with Crippen LogP contribution in [0.5, 0.6) is 5.06 Å². The third-order valence-corrected chi connectivity index (χ3v) is 4.64. The number of rotatable bonds is 3. The molecule has 0 aliphatic rings. The zero-order chi connectivity index (χ0) is 15.5. The summed E-state index contributed by atoms with van der Waals surface area (Å²) < 4.78 is 0. The van der Waals surface area contributed by atoms with Crippen LogP contribution in [0.3, 0.4) is 0 Å². The van der Waals surface area contributed by atoms with Crippen LogP contribution in [0.25, 0.3) is 10.4 Å². The van der Waals surface area contributed by atoms with Crippen LogP contribution in [0.2, 0.25) is 5.02 Å². The fraction of sp³-hybridized carbons (Fsp3) is 0.0556. The van der Waals surface area contributed by atoms with E-state index in [9.17, 15) is 9.90 Å². The maximum atomic E-state index is 12.3. The fourth-order valence-corrected chi connectivity index (χ4v) is 3.27. The summed E-state index contributed by atoms with van der Waals surface area (Å²) in [6.45, 7) is 0. The van der Waals surface area contributed by atoms with Crippen LogP contribution in [0.15, 0.2) is 65.5 Å². The predicted octanol–water partition coefficient (Wildman–Crippen LogP) is 4.73. The van der Waals surface area contributed by atoms with E-state index in [2.05, 4.69) is 0 Å². The standard InChI is InChI=1S/C18H13ClO2S/c19-14-8-6-12(7-9-14)10-15-16(20)11-17(22-18(15)21)13-4-2-1-3-5-13/h1-9,11,21H,10H2. The number of hydrogen-bond acceptors (Lipinski definition) is 3. The summed E-state index contributed by atoms with van der Waals surface area (Å²) in [7, 11) is 0. The fourth-order valence-electron chi connectivity index (χ4n) is 2.22. The molecule has 0 fully saturated rings. The largest absolute Gasteiger partial charge is 0.499 e. The Balaban J connectivity index is 1.97. The quantitative estimate of drug-likeness (QED) is 0.755. The van der Waals surface area contributed by atoms with Crippen molar-refractivity contribution in [3.63, 3.8) is 0 Å². The maximum absolute atomic E-state index is 12.3. The summed E-state index contributed by atoms with van der Waals surface area (Å²) in [6, 6.07) is 18.4. The van der Waals surface area contributed by atoms with Crippen molar-refractivity contribution in [2.45, 2.75) is 6.42 Å². The highest BCUT2D eigenvalue weighted by atomic mass is 35.5. The number of hydrogen-bond donors (Lipinski definition) is 1. The van der Waals surface area contributed by atoms with Crippen molar-refractivity contribution in [1.82, 2.24) is 0 Å². The Hall–Kier alpha value is -2.10. The minimum Gasteiger partial charge on any atom is -0.499 e. The van der Waals surface area contributed by atoms with Gasteiger partial charge in [0.2, 0.25) is 0 Å². The predicted molar refractivity (Wildman–Crippen MR) is 91.9 cm³/mol. The van der Waals surface area contributed by atoms with Crippen molar-refractivity contribution in [2.24, 2.45) is 0 Å². The van der Waals surface area contributed by atoms with Crippen molar-refractivity contribution in [1.29, 1.82) is 0 Å². The Morgan fingerprint density at radius 2 is 1.68 bits per heavy atom. The second kappa shape index (κ2) is 6.34. The van der Waals surface area contributed by atoms with Crippen molar-refractivity contribution in [2.75, 3.05) is 0 Å².